The van der Waals surface area contributed by atoms with Crippen molar-refractivity contribution in [3.8, 4) is 12.3 Å². The molecule has 0 aliphatic carbocycles. The molecule has 0 spiro atoms. The van der Waals surface area contributed by atoms with Gasteiger partial charge in [0.2, 0.25) is 0 Å². The van der Waals surface area contributed by atoms with Crippen LogP contribution in [0.1, 0.15) is 5.56 Å². The third-order valence-corrected chi connectivity index (χ3v) is 18.8. The molecule has 28 heavy (non-hydrogen) atoms. The number of hydrogen-bond acceptors (Lipinski definition) is 0. The second-order valence-electron chi connectivity index (χ2n) is 6.69. The summed E-state index contributed by atoms with van der Waals surface area (Å²) >= 11 is -3.71. The SMILES string of the molecule is C#Cc1cc[c]([Sn]([c]2ccccc2)([c]2ccccc2)[c]2ccccc2)cc1F. The van der Waals surface area contributed by atoms with Crippen LogP contribution in [0, 0.1) is 18.2 Å². The van der Waals surface area contributed by atoms with E-state index in [9.17, 15) is 4.39 Å². The maximum atomic E-state index is 14.8. The quantitative estimate of drug-likeness (QED) is 0.319. The van der Waals surface area contributed by atoms with Crippen LogP contribution in [0.3, 0.4) is 0 Å². The van der Waals surface area contributed by atoms with Crippen LogP contribution in [0.5, 0.6) is 0 Å². The van der Waals surface area contributed by atoms with Crippen molar-refractivity contribution in [2.75, 3.05) is 0 Å². The van der Waals surface area contributed by atoms with Crippen LogP contribution in [-0.4, -0.2) is 18.4 Å². The number of halogens is 1. The topological polar surface area (TPSA) is 0 Å². The van der Waals surface area contributed by atoms with Crippen LogP contribution in [0.15, 0.2) is 109 Å². The van der Waals surface area contributed by atoms with Gasteiger partial charge < -0.3 is 0 Å². The minimum atomic E-state index is -3.71. The monoisotopic (exact) mass is 470 g/mol. The molecule has 0 atom stereocenters. The number of benzene rings is 4. The summed E-state index contributed by atoms with van der Waals surface area (Å²) in [6, 6.07) is 37.0. The first-order valence-corrected chi connectivity index (χ1v) is 14.9. The molecule has 0 saturated carbocycles. The Balaban J connectivity index is 2.13. The first kappa shape index (κ1) is 18.5. The van der Waals surface area contributed by atoms with Crippen molar-refractivity contribution >= 4 is 32.7 Å². The second kappa shape index (κ2) is 8.04. The minimum absolute atomic E-state index is 0.304. The second-order valence-corrected chi connectivity index (χ2v) is 17.6. The van der Waals surface area contributed by atoms with Crippen molar-refractivity contribution < 1.29 is 4.39 Å². The summed E-state index contributed by atoms with van der Waals surface area (Å²) in [5.41, 5.74) is 0.304. The van der Waals surface area contributed by atoms with Gasteiger partial charge in [-0.05, 0) is 0 Å². The molecule has 0 aliphatic heterocycles. The molecule has 4 aromatic carbocycles. The molecule has 0 amide bonds. The Morgan fingerprint density at radius 2 is 1.00 bits per heavy atom. The van der Waals surface area contributed by atoms with Gasteiger partial charge in [-0.25, -0.2) is 0 Å². The Morgan fingerprint density at radius 1 is 0.571 bits per heavy atom. The standard InChI is InChI=1S/C8H4F.3C6H5.Sn/c1-2-7-5-3-4-6-8(7)9;3*1-2-4-6-5-3-1;/h1,3,5-6H;3*1-5H;. The summed E-state index contributed by atoms with van der Waals surface area (Å²) in [5.74, 6) is 2.11. The first-order valence-electron chi connectivity index (χ1n) is 9.20. The molecule has 4 aromatic rings. The Hall–Kier alpha value is -2.83. The van der Waals surface area contributed by atoms with Crippen LogP contribution >= 0.6 is 0 Å². The zero-order valence-electron chi connectivity index (χ0n) is 15.3. The van der Waals surface area contributed by atoms with Crippen LogP contribution < -0.4 is 14.3 Å². The van der Waals surface area contributed by atoms with Gasteiger partial charge in [-0.3, -0.25) is 0 Å². The fourth-order valence-corrected chi connectivity index (χ4v) is 17.5. The van der Waals surface area contributed by atoms with Crippen LogP contribution in [0.2, 0.25) is 0 Å². The van der Waals surface area contributed by atoms with Crippen molar-refractivity contribution in [3.05, 3.63) is 121 Å². The molecule has 0 fully saturated rings. The predicted molar refractivity (Wildman–Crippen MR) is 118 cm³/mol. The van der Waals surface area contributed by atoms with Gasteiger partial charge in [0.05, 0.1) is 0 Å². The van der Waals surface area contributed by atoms with E-state index in [-0.39, 0.29) is 5.82 Å². The van der Waals surface area contributed by atoms with Crippen LogP contribution in [-0.2, 0) is 0 Å². The molecule has 0 aliphatic rings. The van der Waals surface area contributed by atoms with E-state index in [0.29, 0.717) is 5.56 Å². The van der Waals surface area contributed by atoms with Crippen molar-refractivity contribution in [2.45, 2.75) is 0 Å². The normalized spacial score (nSPS) is 11.0. The zero-order chi connectivity index (χ0) is 19.4. The average Bonchev–Trinajstić information content (AvgIpc) is 2.77. The van der Waals surface area contributed by atoms with E-state index in [4.69, 9.17) is 6.42 Å². The molecular formula is C26H19FSn. The molecule has 0 N–H and O–H groups in total. The van der Waals surface area contributed by atoms with Gasteiger partial charge in [0.1, 0.15) is 0 Å². The summed E-state index contributed by atoms with van der Waals surface area (Å²) in [7, 11) is 0. The molecular weight excluding hydrogens is 450 g/mol. The molecule has 0 unspecified atom stereocenters. The van der Waals surface area contributed by atoms with Gasteiger partial charge >= 0.3 is 170 Å². The molecule has 0 bridgehead atoms. The Bertz CT molecular complexity index is 1020. The number of rotatable bonds is 4. The van der Waals surface area contributed by atoms with E-state index >= 15 is 0 Å². The summed E-state index contributed by atoms with van der Waals surface area (Å²) in [5, 5.41) is 0. The molecule has 2 heteroatoms. The van der Waals surface area contributed by atoms with Crippen molar-refractivity contribution in [2.24, 2.45) is 0 Å². The summed E-state index contributed by atoms with van der Waals surface area (Å²) in [6.45, 7) is 0. The van der Waals surface area contributed by atoms with E-state index in [2.05, 4.69) is 78.7 Å². The van der Waals surface area contributed by atoms with E-state index in [1.165, 1.54) is 10.7 Å². The van der Waals surface area contributed by atoms with Crippen molar-refractivity contribution in [1.82, 2.24) is 0 Å². The molecule has 134 valence electrons. The third-order valence-electron chi connectivity index (χ3n) is 5.18. The Morgan fingerprint density at radius 3 is 1.36 bits per heavy atom. The zero-order valence-corrected chi connectivity index (χ0v) is 18.2. The van der Waals surface area contributed by atoms with E-state index in [1.807, 2.05) is 24.3 Å². The molecule has 0 aromatic heterocycles. The van der Waals surface area contributed by atoms with E-state index in [0.717, 1.165) is 3.58 Å². The molecule has 4 rings (SSSR count). The van der Waals surface area contributed by atoms with Crippen molar-refractivity contribution in [1.29, 1.82) is 0 Å². The van der Waals surface area contributed by atoms with E-state index in [1.54, 1.807) is 12.1 Å². The third kappa shape index (κ3) is 3.15. The number of hydrogen-bond donors (Lipinski definition) is 0. The van der Waals surface area contributed by atoms with Gasteiger partial charge in [-0.1, -0.05) is 0 Å². The molecule has 0 saturated heterocycles. The molecule has 0 nitrogen and oxygen atoms in total. The van der Waals surface area contributed by atoms with Crippen LogP contribution in [0.25, 0.3) is 0 Å². The number of terminal acetylenes is 1. The summed E-state index contributed by atoms with van der Waals surface area (Å²) in [6.07, 6.45) is 5.47. The van der Waals surface area contributed by atoms with Gasteiger partial charge in [-0.2, -0.15) is 0 Å². The average molecular weight is 469 g/mol. The van der Waals surface area contributed by atoms with Gasteiger partial charge in [0.15, 0.2) is 0 Å². The first-order chi connectivity index (χ1) is 13.8. The predicted octanol–water partition coefficient (Wildman–Crippen LogP) is 3.18. The fraction of sp³-hybridized carbons (Fsp3) is 0. The van der Waals surface area contributed by atoms with Gasteiger partial charge in [-0.15, -0.1) is 0 Å². The van der Waals surface area contributed by atoms with Crippen molar-refractivity contribution in [3.63, 3.8) is 0 Å². The Labute approximate surface area is 169 Å². The van der Waals surface area contributed by atoms with E-state index < -0.39 is 18.4 Å². The Kier molecular flexibility index (Phi) is 5.32. The maximum absolute atomic E-state index is 14.8. The summed E-state index contributed by atoms with van der Waals surface area (Å²) in [4.78, 5) is 0. The molecule has 0 radical (unpaired) electrons. The fourth-order valence-electron chi connectivity index (χ4n) is 3.93. The van der Waals surface area contributed by atoms with Gasteiger partial charge in [0, 0.05) is 0 Å². The summed E-state index contributed by atoms with van der Waals surface area (Å²) < 4.78 is 19.7. The van der Waals surface area contributed by atoms with Crippen LogP contribution in [0.4, 0.5) is 4.39 Å². The molecule has 0 heterocycles. The van der Waals surface area contributed by atoms with Gasteiger partial charge in [0.25, 0.3) is 0 Å².